The predicted molar refractivity (Wildman–Crippen MR) is 87.7 cm³/mol. The quantitative estimate of drug-likeness (QED) is 0.847. The Hall–Kier alpha value is -0.950. The first-order valence-corrected chi connectivity index (χ1v) is 9.53. The monoisotopic (exact) mass is 323 g/mol. The first kappa shape index (κ1) is 15.9. The fourth-order valence-corrected chi connectivity index (χ4v) is 5.02. The third-order valence-corrected chi connectivity index (χ3v) is 6.86. The van der Waals surface area contributed by atoms with E-state index in [0.29, 0.717) is 32.2 Å². The Morgan fingerprint density at radius 3 is 2.00 bits per heavy atom. The van der Waals surface area contributed by atoms with Crippen molar-refractivity contribution in [2.24, 2.45) is 0 Å². The summed E-state index contributed by atoms with van der Waals surface area (Å²) in [5.74, 6) is 0. The topological polar surface area (TPSA) is 43.9 Å². The van der Waals surface area contributed by atoms with Crippen LogP contribution >= 0.6 is 0 Å². The van der Waals surface area contributed by atoms with Crippen LogP contribution in [0.2, 0.25) is 0 Å². The minimum Gasteiger partial charge on any atom is -0.294 e. The van der Waals surface area contributed by atoms with Crippen LogP contribution < -0.4 is 0 Å². The van der Waals surface area contributed by atoms with Gasteiger partial charge in [0, 0.05) is 45.3 Å². The van der Waals surface area contributed by atoms with E-state index in [1.807, 2.05) is 6.07 Å². The van der Waals surface area contributed by atoms with Crippen molar-refractivity contribution >= 4 is 10.2 Å². The van der Waals surface area contributed by atoms with Crippen LogP contribution in [0.25, 0.3) is 0 Å². The Kier molecular flexibility index (Phi) is 4.82. The van der Waals surface area contributed by atoms with Crippen LogP contribution in [0.15, 0.2) is 30.3 Å². The molecular formula is C16H25N3O2S. The summed E-state index contributed by atoms with van der Waals surface area (Å²) >= 11 is 0. The van der Waals surface area contributed by atoms with E-state index in [1.54, 1.807) is 8.61 Å². The van der Waals surface area contributed by atoms with Crippen LogP contribution in [-0.2, 0) is 10.2 Å². The molecule has 5 nitrogen and oxygen atoms in total. The van der Waals surface area contributed by atoms with Crippen LogP contribution in [0.4, 0.5) is 0 Å². The van der Waals surface area contributed by atoms with Gasteiger partial charge in [0.05, 0.1) is 0 Å². The molecule has 2 fully saturated rings. The minimum absolute atomic E-state index is 0.331. The highest BCUT2D eigenvalue weighted by Gasteiger charge is 2.34. The molecule has 0 aliphatic carbocycles. The molecule has 0 saturated carbocycles. The van der Waals surface area contributed by atoms with Gasteiger partial charge in [-0.3, -0.25) is 4.90 Å². The normalized spacial score (nSPS) is 23.7. The van der Waals surface area contributed by atoms with Gasteiger partial charge in [-0.2, -0.15) is 17.0 Å². The molecule has 0 spiro atoms. The zero-order valence-corrected chi connectivity index (χ0v) is 14.0. The van der Waals surface area contributed by atoms with E-state index >= 15 is 0 Å². The SMILES string of the molecule is C[C@H](c1ccccc1)N1CCN(S(=O)(=O)N2CCCC2)CC1. The average Bonchev–Trinajstić information content (AvgIpc) is 3.10. The zero-order chi connectivity index (χ0) is 15.6. The molecule has 2 heterocycles. The van der Waals surface area contributed by atoms with Crippen molar-refractivity contribution in [3.8, 4) is 0 Å². The average molecular weight is 323 g/mol. The molecule has 22 heavy (non-hydrogen) atoms. The molecule has 1 atom stereocenters. The van der Waals surface area contributed by atoms with E-state index < -0.39 is 10.2 Å². The maximum Gasteiger partial charge on any atom is 0.282 e. The highest BCUT2D eigenvalue weighted by molar-refractivity contribution is 7.86. The van der Waals surface area contributed by atoms with Crippen molar-refractivity contribution in [1.29, 1.82) is 0 Å². The van der Waals surface area contributed by atoms with Crippen molar-refractivity contribution in [1.82, 2.24) is 13.5 Å². The lowest BCUT2D eigenvalue weighted by Crippen LogP contribution is -2.52. The van der Waals surface area contributed by atoms with Gasteiger partial charge >= 0.3 is 0 Å². The fourth-order valence-electron chi connectivity index (χ4n) is 3.35. The molecule has 0 bridgehead atoms. The number of hydrogen-bond donors (Lipinski definition) is 0. The molecule has 1 aromatic rings. The number of piperazine rings is 1. The smallest absolute Gasteiger partial charge is 0.282 e. The second-order valence-electron chi connectivity index (χ2n) is 6.14. The molecule has 6 heteroatoms. The van der Waals surface area contributed by atoms with E-state index in [4.69, 9.17) is 0 Å². The van der Waals surface area contributed by atoms with Crippen molar-refractivity contribution in [3.63, 3.8) is 0 Å². The summed E-state index contributed by atoms with van der Waals surface area (Å²) in [5, 5.41) is 0. The Labute approximate surface area is 133 Å². The Morgan fingerprint density at radius 1 is 0.864 bits per heavy atom. The third kappa shape index (κ3) is 3.20. The summed E-state index contributed by atoms with van der Waals surface area (Å²) in [6.45, 7) is 6.34. The van der Waals surface area contributed by atoms with E-state index in [9.17, 15) is 8.42 Å². The summed E-state index contributed by atoms with van der Waals surface area (Å²) < 4.78 is 28.4. The summed E-state index contributed by atoms with van der Waals surface area (Å²) in [4.78, 5) is 2.37. The summed E-state index contributed by atoms with van der Waals surface area (Å²) in [7, 11) is -3.24. The standard InChI is InChI=1S/C16H25N3O2S/c1-15(16-7-3-2-4-8-16)17-11-13-19(14-12-17)22(20,21)18-9-5-6-10-18/h2-4,7-8,15H,5-6,9-14H2,1H3/t15-/m1/s1. The fraction of sp³-hybridized carbons (Fsp3) is 0.625. The van der Waals surface area contributed by atoms with E-state index in [0.717, 1.165) is 25.9 Å². The lowest BCUT2D eigenvalue weighted by atomic mass is 10.1. The number of benzene rings is 1. The Balaban J connectivity index is 1.60. The maximum atomic E-state index is 12.6. The summed E-state index contributed by atoms with van der Waals surface area (Å²) in [5.41, 5.74) is 1.29. The third-order valence-electron chi connectivity index (χ3n) is 4.82. The van der Waals surface area contributed by atoms with E-state index in [2.05, 4.69) is 36.1 Å². The predicted octanol–water partition coefficient (Wildman–Crippen LogP) is 1.71. The molecule has 0 aromatic heterocycles. The zero-order valence-electron chi connectivity index (χ0n) is 13.2. The molecule has 0 amide bonds. The van der Waals surface area contributed by atoms with Crippen LogP contribution in [-0.4, -0.2) is 61.2 Å². The second-order valence-corrected chi connectivity index (χ2v) is 8.06. The van der Waals surface area contributed by atoms with E-state index in [-0.39, 0.29) is 0 Å². The molecule has 3 rings (SSSR count). The molecule has 0 radical (unpaired) electrons. The van der Waals surface area contributed by atoms with Crippen LogP contribution in [0.5, 0.6) is 0 Å². The van der Waals surface area contributed by atoms with Gasteiger partial charge in [-0.05, 0) is 25.3 Å². The molecule has 2 aliphatic heterocycles. The minimum atomic E-state index is -3.24. The number of nitrogens with zero attached hydrogens (tertiary/aromatic N) is 3. The number of hydrogen-bond acceptors (Lipinski definition) is 3. The lowest BCUT2D eigenvalue weighted by Gasteiger charge is -2.38. The molecule has 2 saturated heterocycles. The molecular weight excluding hydrogens is 298 g/mol. The Morgan fingerprint density at radius 2 is 1.41 bits per heavy atom. The van der Waals surface area contributed by atoms with Crippen molar-refractivity contribution in [2.75, 3.05) is 39.3 Å². The van der Waals surface area contributed by atoms with Gasteiger partial charge < -0.3 is 0 Å². The van der Waals surface area contributed by atoms with Gasteiger partial charge in [0.25, 0.3) is 10.2 Å². The second kappa shape index (κ2) is 6.66. The van der Waals surface area contributed by atoms with Gasteiger partial charge in [-0.25, -0.2) is 0 Å². The van der Waals surface area contributed by atoms with Gasteiger partial charge in [-0.15, -0.1) is 0 Å². The van der Waals surface area contributed by atoms with Gasteiger partial charge in [0.1, 0.15) is 0 Å². The van der Waals surface area contributed by atoms with Crippen LogP contribution in [0.1, 0.15) is 31.4 Å². The highest BCUT2D eigenvalue weighted by Crippen LogP contribution is 2.23. The van der Waals surface area contributed by atoms with Gasteiger partial charge in [0.2, 0.25) is 0 Å². The highest BCUT2D eigenvalue weighted by atomic mass is 32.2. The maximum absolute atomic E-state index is 12.6. The van der Waals surface area contributed by atoms with Crippen LogP contribution in [0.3, 0.4) is 0 Å². The largest absolute Gasteiger partial charge is 0.294 e. The number of rotatable bonds is 4. The lowest BCUT2D eigenvalue weighted by molar-refractivity contribution is 0.142. The molecule has 1 aromatic carbocycles. The molecule has 122 valence electrons. The first-order valence-electron chi connectivity index (χ1n) is 8.13. The summed E-state index contributed by atoms with van der Waals surface area (Å²) in [6, 6.07) is 10.7. The van der Waals surface area contributed by atoms with Crippen molar-refractivity contribution < 1.29 is 8.42 Å². The van der Waals surface area contributed by atoms with Crippen molar-refractivity contribution in [3.05, 3.63) is 35.9 Å². The summed E-state index contributed by atoms with van der Waals surface area (Å²) in [6.07, 6.45) is 1.98. The first-order chi connectivity index (χ1) is 10.6. The molecule has 0 N–H and O–H groups in total. The van der Waals surface area contributed by atoms with Gasteiger partial charge in [0.15, 0.2) is 0 Å². The van der Waals surface area contributed by atoms with Crippen LogP contribution in [0, 0.1) is 0 Å². The molecule has 0 unspecified atom stereocenters. The Bertz CT molecular complexity index is 577. The van der Waals surface area contributed by atoms with E-state index in [1.165, 1.54) is 5.56 Å². The van der Waals surface area contributed by atoms with Crippen molar-refractivity contribution in [2.45, 2.75) is 25.8 Å². The molecule has 2 aliphatic rings. The van der Waals surface area contributed by atoms with Gasteiger partial charge in [-0.1, -0.05) is 30.3 Å².